The molecule has 2 N–H and O–H groups in total. The molecule has 2 aromatic rings. The van der Waals surface area contributed by atoms with Gasteiger partial charge in [-0.2, -0.15) is 5.10 Å². The van der Waals surface area contributed by atoms with E-state index in [0.717, 1.165) is 0 Å². The second-order valence-corrected chi connectivity index (χ2v) is 3.11. The normalized spacial score (nSPS) is 12.9. The third-order valence-corrected chi connectivity index (χ3v) is 1.96. The summed E-state index contributed by atoms with van der Waals surface area (Å²) < 4.78 is 1.49. The summed E-state index contributed by atoms with van der Waals surface area (Å²) in [5.74, 6) is -1.06. The first-order valence-corrected chi connectivity index (χ1v) is 4.37. The minimum Gasteiger partial charge on any atom is -0.481 e. The van der Waals surface area contributed by atoms with E-state index in [9.17, 15) is 9.90 Å². The van der Waals surface area contributed by atoms with Gasteiger partial charge in [0.25, 0.3) is 0 Å². The summed E-state index contributed by atoms with van der Waals surface area (Å²) in [6.45, 7) is 0. The van der Waals surface area contributed by atoms with Crippen molar-refractivity contribution < 1.29 is 15.0 Å². The highest BCUT2D eigenvalue weighted by Gasteiger charge is 2.15. The molecule has 0 saturated heterocycles. The number of rotatable bonds is 3. The summed E-state index contributed by atoms with van der Waals surface area (Å²) in [6.07, 6.45) is 1.83. The Hall–Kier alpha value is -1.95. The summed E-state index contributed by atoms with van der Waals surface area (Å²) in [7, 11) is 0. The molecule has 15 heavy (non-hydrogen) atoms. The number of aromatic nitrogens is 3. The fourth-order valence-electron chi connectivity index (χ4n) is 1.28. The van der Waals surface area contributed by atoms with Gasteiger partial charge in [0.05, 0.1) is 12.1 Å². The number of hydrogen-bond donors (Lipinski definition) is 2. The van der Waals surface area contributed by atoms with Crippen molar-refractivity contribution in [1.29, 1.82) is 0 Å². The van der Waals surface area contributed by atoms with Crippen LogP contribution in [0.15, 0.2) is 24.5 Å². The van der Waals surface area contributed by atoms with Gasteiger partial charge in [-0.25, -0.2) is 9.50 Å². The first-order valence-electron chi connectivity index (χ1n) is 4.37. The van der Waals surface area contributed by atoms with E-state index in [2.05, 4.69) is 10.1 Å². The SMILES string of the molecule is O=C(O)C[C@@H](O)c1cc2ncccn2n1. The molecular weight excluding hydrogens is 198 g/mol. The van der Waals surface area contributed by atoms with Crippen molar-refractivity contribution in [3.05, 3.63) is 30.2 Å². The van der Waals surface area contributed by atoms with Gasteiger partial charge in [-0.3, -0.25) is 4.79 Å². The van der Waals surface area contributed by atoms with E-state index in [0.29, 0.717) is 11.3 Å². The highest BCUT2D eigenvalue weighted by atomic mass is 16.4. The standard InChI is InChI=1S/C9H9N3O3/c13-7(5-9(14)15)6-4-8-10-2-1-3-12(8)11-6/h1-4,7,13H,5H2,(H,14,15)/t7-/m1/s1. The van der Waals surface area contributed by atoms with Crippen molar-refractivity contribution in [2.45, 2.75) is 12.5 Å². The van der Waals surface area contributed by atoms with Gasteiger partial charge in [0, 0.05) is 18.5 Å². The average molecular weight is 207 g/mol. The quantitative estimate of drug-likeness (QED) is 0.752. The lowest BCUT2D eigenvalue weighted by Crippen LogP contribution is -2.06. The topological polar surface area (TPSA) is 87.7 Å². The monoisotopic (exact) mass is 207 g/mol. The Kier molecular flexibility index (Phi) is 2.34. The summed E-state index contributed by atoms with van der Waals surface area (Å²) in [5, 5.41) is 22.0. The van der Waals surface area contributed by atoms with Crippen molar-refractivity contribution in [3.63, 3.8) is 0 Å². The van der Waals surface area contributed by atoms with Crippen molar-refractivity contribution in [2.75, 3.05) is 0 Å². The lowest BCUT2D eigenvalue weighted by atomic mass is 10.2. The van der Waals surface area contributed by atoms with Gasteiger partial charge in [-0.05, 0) is 6.07 Å². The molecule has 0 saturated carbocycles. The number of aliphatic hydroxyl groups excluding tert-OH is 1. The van der Waals surface area contributed by atoms with Crippen LogP contribution < -0.4 is 0 Å². The Bertz CT molecular complexity index is 461. The lowest BCUT2D eigenvalue weighted by Gasteiger charge is -2.01. The van der Waals surface area contributed by atoms with Crippen LogP contribution in [0.1, 0.15) is 18.2 Å². The second kappa shape index (κ2) is 3.66. The minimum atomic E-state index is -1.09. The fourth-order valence-corrected chi connectivity index (χ4v) is 1.28. The van der Waals surface area contributed by atoms with Crippen LogP contribution in [0.3, 0.4) is 0 Å². The molecule has 2 aromatic heterocycles. The molecule has 0 spiro atoms. The maximum Gasteiger partial charge on any atom is 0.306 e. The number of fused-ring (bicyclic) bond motifs is 1. The molecule has 6 nitrogen and oxygen atoms in total. The Morgan fingerprint density at radius 1 is 1.60 bits per heavy atom. The first-order chi connectivity index (χ1) is 7.16. The van der Waals surface area contributed by atoms with E-state index in [-0.39, 0.29) is 6.42 Å². The van der Waals surface area contributed by atoms with Crippen LogP contribution in [0.5, 0.6) is 0 Å². The molecule has 0 aliphatic rings. The molecule has 0 bridgehead atoms. The van der Waals surface area contributed by atoms with Crippen LogP contribution in [0.4, 0.5) is 0 Å². The maximum atomic E-state index is 10.4. The van der Waals surface area contributed by atoms with Gasteiger partial charge in [0.1, 0.15) is 6.10 Å². The van der Waals surface area contributed by atoms with Crippen molar-refractivity contribution in [3.8, 4) is 0 Å². The molecule has 6 heteroatoms. The highest BCUT2D eigenvalue weighted by molar-refractivity contribution is 5.67. The Morgan fingerprint density at radius 3 is 3.07 bits per heavy atom. The van der Waals surface area contributed by atoms with E-state index < -0.39 is 12.1 Å². The van der Waals surface area contributed by atoms with Gasteiger partial charge in [0.15, 0.2) is 5.65 Å². The zero-order valence-electron chi connectivity index (χ0n) is 7.74. The smallest absolute Gasteiger partial charge is 0.306 e. The van der Waals surface area contributed by atoms with Gasteiger partial charge in [-0.15, -0.1) is 0 Å². The molecule has 1 atom stereocenters. The summed E-state index contributed by atoms with van der Waals surface area (Å²) in [6, 6.07) is 3.26. The average Bonchev–Trinajstić information content (AvgIpc) is 2.59. The van der Waals surface area contributed by atoms with Gasteiger partial charge >= 0.3 is 5.97 Å². The van der Waals surface area contributed by atoms with Crippen molar-refractivity contribution >= 4 is 11.6 Å². The molecule has 0 aliphatic carbocycles. The third-order valence-electron chi connectivity index (χ3n) is 1.96. The lowest BCUT2D eigenvalue weighted by molar-refractivity contribution is -0.139. The first kappa shape index (κ1) is 9.60. The summed E-state index contributed by atoms with van der Waals surface area (Å²) >= 11 is 0. The molecule has 0 radical (unpaired) electrons. The molecule has 0 aromatic carbocycles. The van der Waals surface area contributed by atoms with E-state index in [1.54, 1.807) is 24.5 Å². The number of carbonyl (C=O) groups is 1. The molecule has 0 fully saturated rings. The van der Waals surface area contributed by atoms with E-state index in [1.165, 1.54) is 4.52 Å². The number of carboxylic acid groups (broad SMARTS) is 1. The number of carboxylic acids is 1. The second-order valence-electron chi connectivity index (χ2n) is 3.11. The molecule has 2 heterocycles. The minimum absolute atomic E-state index is 0.316. The summed E-state index contributed by atoms with van der Waals surface area (Å²) in [5.41, 5.74) is 0.896. The van der Waals surface area contributed by atoms with Crippen LogP contribution in [-0.4, -0.2) is 30.8 Å². The van der Waals surface area contributed by atoms with E-state index in [1.807, 2.05) is 0 Å². The zero-order valence-corrected chi connectivity index (χ0v) is 7.74. The molecule has 0 amide bonds. The van der Waals surface area contributed by atoms with Gasteiger partial charge in [-0.1, -0.05) is 0 Å². The number of nitrogens with zero attached hydrogens (tertiary/aromatic N) is 3. The Balaban J connectivity index is 2.32. The van der Waals surface area contributed by atoms with E-state index >= 15 is 0 Å². The van der Waals surface area contributed by atoms with E-state index in [4.69, 9.17) is 5.11 Å². The third kappa shape index (κ3) is 1.94. The van der Waals surface area contributed by atoms with Crippen LogP contribution in [-0.2, 0) is 4.79 Å². The molecular formula is C9H9N3O3. The van der Waals surface area contributed by atoms with Crippen molar-refractivity contribution in [2.24, 2.45) is 0 Å². The predicted molar refractivity (Wildman–Crippen MR) is 50.2 cm³/mol. The van der Waals surface area contributed by atoms with Crippen molar-refractivity contribution in [1.82, 2.24) is 14.6 Å². The van der Waals surface area contributed by atoms with Crippen LogP contribution in [0.2, 0.25) is 0 Å². The molecule has 78 valence electrons. The number of aliphatic hydroxyl groups is 1. The summed E-state index contributed by atoms with van der Waals surface area (Å²) in [4.78, 5) is 14.4. The Morgan fingerprint density at radius 2 is 2.40 bits per heavy atom. The van der Waals surface area contributed by atoms with Gasteiger partial charge < -0.3 is 10.2 Å². The fraction of sp³-hybridized carbons (Fsp3) is 0.222. The Labute approximate surface area is 84.8 Å². The number of aliphatic carboxylic acids is 1. The molecule has 0 unspecified atom stereocenters. The largest absolute Gasteiger partial charge is 0.481 e. The van der Waals surface area contributed by atoms with Gasteiger partial charge in [0.2, 0.25) is 0 Å². The van der Waals surface area contributed by atoms with Crippen LogP contribution in [0, 0.1) is 0 Å². The predicted octanol–water partition coefficient (Wildman–Crippen LogP) is 0.237. The molecule has 0 aliphatic heterocycles. The maximum absolute atomic E-state index is 10.4. The molecule has 2 rings (SSSR count). The highest BCUT2D eigenvalue weighted by Crippen LogP contribution is 2.15. The van der Waals surface area contributed by atoms with Crippen LogP contribution >= 0.6 is 0 Å². The zero-order chi connectivity index (χ0) is 10.8. The van der Waals surface area contributed by atoms with Crippen LogP contribution in [0.25, 0.3) is 5.65 Å². The number of hydrogen-bond acceptors (Lipinski definition) is 4.